The number of hydrogen-bond donors (Lipinski definition) is 1. The summed E-state index contributed by atoms with van der Waals surface area (Å²) in [6.07, 6.45) is 4.75. The topological polar surface area (TPSA) is 91.4 Å². The minimum atomic E-state index is -0.331. The Labute approximate surface area is 210 Å². The minimum absolute atomic E-state index is 0.0294. The zero-order valence-corrected chi connectivity index (χ0v) is 20.8. The fraction of sp³-hybridized carbons (Fsp3) is 0.444. The average Bonchev–Trinajstić information content (AvgIpc) is 3.45. The van der Waals surface area contributed by atoms with Crippen molar-refractivity contribution in [3.63, 3.8) is 0 Å². The second-order valence-electron chi connectivity index (χ2n) is 9.45. The highest BCUT2D eigenvalue weighted by Gasteiger charge is 2.40. The zero-order chi connectivity index (χ0) is 25.2. The summed E-state index contributed by atoms with van der Waals surface area (Å²) in [7, 11) is 3.08. The summed E-state index contributed by atoms with van der Waals surface area (Å²) in [5.41, 5.74) is 2.60. The quantitative estimate of drug-likeness (QED) is 0.666. The van der Waals surface area contributed by atoms with Gasteiger partial charge in [-0.15, -0.1) is 0 Å². The van der Waals surface area contributed by atoms with Crippen LogP contribution in [0.3, 0.4) is 0 Å². The monoisotopic (exact) mass is 492 g/mol. The van der Waals surface area contributed by atoms with Crippen molar-refractivity contribution in [3.05, 3.63) is 42.0 Å². The van der Waals surface area contributed by atoms with E-state index >= 15 is 0 Å². The van der Waals surface area contributed by atoms with Gasteiger partial charge < -0.3 is 24.6 Å². The molecule has 1 atom stereocenters. The Hall–Kier alpha value is -3.75. The number of carbonyl (C=O) groups is 3. The number of rotatable bonds is 6. The summed E-state index contributed by atoms with van der Waals surface area (Å²) in [6, 6.07) is 10.4. The first-order valence-electron chi connectivity index (χ1n) is 12.5. The predicted octanol–water partition coefficient (Wildman–Crippen LogP) is 3.28. The third-order valence-electron chi connectivity index (χ3n) is 7.24. The van der Waals surface area contributed by atoms with Crippen molar-refractivity contribution in [2.75, 3.05) is 55.5 Å². The number of ether oxygens (including phenoxy) is 2. The van der Waals surface area contributed by atoms with Crippen LogP contribution >= 0.6 is 0 Å². The summed E-state index contributed by atoms with van der Waals surface area (Å²) in [4.78, 5) is 45.3. The lowest BCUT2D eigenvalue weighted by Gasteiger charge is -2.45. The predicted molar refractivity (Wildman–Crippen MR) is 137 cm³/mol. The van der Waals surface area contributed by atoms with E-state index in [1.807, 2.05) is 17.0 Å². The molecule has 3 aliphatic heterocycles. The number of likely N-dealkylation sites (tertiary alicyclic amines) is 1. The Kier molecular flexibility index (Phi) is 6.71. The van der Waals surface area contributed by atoms with Gasteiger partial charge in [-0.1, -0.05) is 0 Å². The number of piperidine rings is 1. The zero-order valence-electron chi connectivity index (χ0n) is 20.8. The number of amides is 3. The number of nitrogens with zero attached hydrogens (tertiary/aromatic N) is 3. The van der Waals surface area contributed by atoms with Gasteiger partial charge in [0, 0.05) is 37.0 Å². The van der Waals surface area contributed by atoms with Crippen LogP contribution in [0.5, 0.6) is 11.5 Å². The van der Waals surface area contributed by atoms with Crippen LogP contribution in [0, 0.1) is 0 Å². The molecule has 1 N–H and O–H groups in total. The van der Waals surface area contributed by atoms with Crippen LogP contribution in [0.25, 0.3) is 0 Å². The Morgan fingerprint density at radius 1 is 0.917 bits per heavy atom. The summed E-state index contributed by atoms with van der Waals surface area (Å²) in [5.74, 6) is 0.594. The van der Waals surface area contributed by atoms with Gasteiger partial charge in [0.1, 0.15) is 12.6 Å². The Bertz CT molecular complexity index is 1180. The molecule has 0 aliphatic carbocycles. The van der Waals surface area contributed by atoms with Crippen LogP contribution in [-0.2, 0) is 9.59 Å². The Morgan fingerprint density at radius 3 is 2.42 bits per heavy atom. The van der Waals surface area contributed by atoms with Gasteiger partial charge in [-0.05, 0) is 62.4 Å². The second-order valence-corrected chi connectivity index (χ2v) is 9.45. The summed E-state index contributed by atoms with van der Waals surface area (Å²) >= 11 is 0. The van der Waals surface area contributed by atoms with E-state index in [4.69, 9.17) is 9.47 Å². The van der Waals surface area contributed by atoms with E-state index in [1.54, 1.807) is 36.3 Å². The maximum absolute atomic E-state index is 13.6. The van der Waals surface area contributed by atoms with Gasteiger partial charge >= 0.3 is 0 Å². The molecule has 0 saturated carbocycles. The Balaban J connectivity index is 1.43. The Morgan fingerprint density at radius 2 is 1.67 bits per heavy atom. The van der Waals surface area contributed by atoms with Crippen LogP contribution in [0.4, 0.5) is 17.1 Å². The lowest BCUT2D eigenvalue weighted by atomic mass is 9.95. The van der Waals surface area contributed by atoms with Crippen molar-refractivity contribution in [1.29, 1.82) is 0 Å². The molecule has 2 aromatic rings. The van der Waals surface area contributed by atoms with Crippen LogP contribution < -0.4 is 24.6 Å². The van der Waals surface area contributed by atoms with E-state index in [0.29, 0.717) is 28.4 Å². The average molecular weight is 493 g/mol. The smallest absolute Gasteiger partial charge is 0.253 e. The van der Waals surface area contributed by atoms with Gasteiger partial charge in [-0.25, -0.2) is 0 Å². The van der Waals surface area contributed by atoms with E-state index in [0.717, 1.165) is 57.4 Å². The normalized spacial score (nSPS) is 19.0. The van der Waals surface area contributed by atoms with Crippen LogP contribution in [0.15, 0.2) is 36.4 Å². The molecule has 2 aromatic carbocycles. The molecule has 3 heterocycles. The lowest BCUT2D eigenvalue weighted by molar-refractivity contribution is -0.123. The molecule has 5 rings (SSSR count). The maximum atomic E-state index is 13.6. The second kappa shape index (κ2) is 10.1. The van der Waals surface area contributed by atoms with Crippen LogP contribution in [-0.4, -0.2) is 69.1 Å². The third kappa shape index (κ3) is 4.45. The van der Waals surface area contributed by atoms with Gasteiger partial charge in [-0.3, -0.25) is 19.3 Å². The van der Waals surface area contributed by atoms with Crippen LogP contribution in [0.1, 0.15) is 42.5 Å². The number of methoxy groups -OCH3 is 2. The van der Waals surface area contributed by atoms with Crippen molar-refractivity contribution in [2.45, 2.75) is 38.1 Å². The standard InChI is InChI=1S/C27H32N4O5/c1-35-23-11-9-19(16-24(23)36-2)28-25(32)17-31-22-15-18(26(33)29-12-5-6-13-29)8-10-20(22)30-14-4-3-7-21(30)27(31)34/h8-11,15-16,21H,3-7,12-14,17H2,1-2H3,(H,28,32)/t21-/m0/s1. The van der Waals surface area contributed by atoms with Crippen molar-refractivity contribution in [3.8, 4) is 11.5 Å². The highest BCUT2D eigenvalue weighted by Crippen LogP contribution is 2.40. The molecule has 9 heteroatoms. The number of anilines is 3. The molecule has 190 valence electrons. The minimum Gasteiger partial charge on any atom is -0.493 e. The molecule has 9 nitrogen and oxygen atoms in total. The highest BCUT2D eigenvalue weighted by atomic mass is 16.5. The molecule has 0 spiro atoms. The molecular formula is C27H32N4O5. The number of hydrogen-bond acceptors (Lipinski definition) is 6. The van der Waals surface area contributed by atoms with Crippen molar-refractivity contribution in [2.24, 2.45) is 0 Å². The highest BCUT2D eigenvalue weighted by molar-refractivity contribution is 6.11. The first-order chi connectivity index (χ1) is 17.5. The summed E-state index contributed by atoms with van der Waals surface area (Å²) < 4.78 is 10.6. The van der Waals surface area contributed by atoms with Crippen molar-refractivity contribution >= 4 is 34.8 Å². The van der Waals surface area contributed by atoms with E-state index in [1.165, 1.54) is 7.11 Å². The fourth-order valence-electron chi connectivity index (χ4n) is 5.41. The third-order valence-corrected chi connectivity index (χ3v) is 7.24. The maximum Gasteiger partial charge on any atom is 0.253 e. The SMILES string of the molecule is COc1ccc(NC(=O)CN2C(=O)[C@@H]3CCCCN3c3ccc(C(=O)N4CCCC4)cc32)cc1OC. The number of benzene rings is 2. The van der Waals surface area contributed by atoms with Crippen LogP contribution in [0.2, 0.25) is 0 Å². The molecule has 0 aromatic heterocycles. The van der Waals surface area contributed by atoms with Gasteiger partial charge in [0.15, 0.2) is 11.5 Å². The number of carbonyl (C=O) groups excluding carboxylic acids is 3. The van der Waals surface area contributed by atoms with Gasteiger partial charge in [0.2, 0.25) is 11.8 Å². The van der Waals surface area contributed by atoms with E-state index in [-0.39, 0.29) is 30.3 Å². The van der Waals surface area contributed by atoms with E-state index in [2.05, 4.69) is 10.2 Å². The number of fused-ring (bicyclic) bond motifs is 3. The van der Waals surface area contributed by atoms with E-state index in [9.17, 15) is 14.4 Å². The molecule has 2 fully saturated rings. The summed E-state index contributed by atoms with van der Waals surface area (Å²) in [5, 5.41) is 2.86. The van der Waals surface area contributed by atoms with E-state index < -0.39 is 0 Å². The van der Waals surface area contributed by atoms with Crippen molar-refractivity contribution < 1.29 is 23.9 Å². The molecule has 36 heavy (non-hydrogen) atoms. The largest absolute Gasteiger partial charge is 0.493 e. The molecule has 3 amide bonds. The van der Waals surface area contributed by atoms with Gasteiger partial charge in [0.05, 0.1) is 25.6 Å². The summed E-state index contributed by atoms with van der Waals surface area (Å²) in [6.45, 7) is 2.14. The molecule has 3 aliphatic rings. The molecule has 0 bridgehead atoms. The molecule has 0 unspecified atom stereocenters. The number of nitrogens with one attached hydrogen (secondary N) is 1. The first-order valence-corrected chi connectivity index (χ1v) is 12.5. The fourth-order valence-corrected chi connectivity index (χ4v) is 5.41. The van der Waals surface area contributed by atoms with Crippen molar-refractivity contribution in [1.82, 2.24) is 4.90 Å². The molecule has 2 saturated heterocycles. The van der Waals surface area contributed by atoms with Gasteiger partial charge in [0.25, 0.3) is 5.91 Å². The lowest BCUT2D eigenvalue weighted by Crippen LogP contribution is -2.56. The first kappa shape index (κ1) is 24.0. The van der Waals surface area contributed by atoms with Gasteiger partial charge in [-0.2, -0.15) is 0 Å². The molecule has 0 radical (unpaired) electrons. The molecular weight excluding hydrogens is 460 g/mol.